The van der Waals surface area contributed by atoms with Crippen LogP contribution < -0.4 is 16.2 Å². The summed E-state index contributed by atoms with van der Waals surface area (Å²) in [6, 6.07) is 11.3. The maximum atomic E-state index is 13.5. The number of nitrogens with zero attached hydrogens (tertiary/aromatic N) is 3. The summed E-state index contributed by atoms with van der Waals surface area (Å²) in [5.41, 5.74) is 1.65. The van der Waals surface area contributed by atoms with Crippen LogP contribution in [-0.4, -0.2) is 39.8 Å². The van der Waals surface area contributed by atoms with Crippen LogP contribution in [0.5, 0.6) is 0 Å². The molecule has 2 heterocycles. The molecule has 0 aliphatic rings. The van der Waals surface area contributed by atoms with Crippen LogP contribution >= 0.6 is 23.2 Å². The lowest BCUT2D eigenvalue weighted by Gasteiger charge is -2.16. The number of fused-ring (bicyclic) bond motifs is 1. The van der Waals surface area contributed by atoms with E-state index in [0.29, 0.717) is 21.5 Å². The molecule has 2 aromatic heterocycles. The van der Waals surface area contributed by atoms with Crippen molar-refractivity contribution in [2.45, 2.75) is 6.18 Å². The standard InChI is InChI=1S/C23H15Cl2F3N6O4/c1-38-22(37)32-31-20(35)13-9-11-5-2-3-6-12(11)17(25)18(13)30-21(36)15-10-16(23(26,27)28)33-34(15)19-14(24)7-4-8-29-19/h2-10H,1H3,(H,30,36)(H,31,35)(H,32,37). The number of anilines is 1. The first-order valence-corrected chi connectivity index (χ1v) is 11.2. The summed E-state index contributed by atoms with van der Waals surface area (Å²) in [6.45, 7) is 0. The van der Waals surface area contributed by atoms with E-state index >= 15 is 0 Å². The van der Waals surface area contributed by atoms with Crippen molar-refractivity contribution in [2.24, 2.45) is 0 Å². The van der Waals surface area contributed by atoms with Crippen LogP contribution in [0, 0.1) is 0 Å². The Balaban J connectivity index is 1.82. The lowest BCUT2D eigenvalue weighted by molar-refractivity contribution is -0.141. The quantitative estimate of drug-likeness (QED) is 0.298. The van der Waals surface area contributed by atoms with Gasteiger partial charge in [0.25, 0.3) is 11.8 Å². The number of pyridine rings is 1. The average Bonchev–Trinajstić information content (AvgIpc) is 3.35. The van der Waals surface area contributed by atoms with Crippen molar-refractivity contribution >= 4 is 57.6 Å². The molecule has 0 aliphatic heterocycles. The van der Waals surface area contributed by atoms with E-state index in [2.05, 4.69) is 25.6 Å². The number of hydrazine groups is 1. The number of benzene rings is 2. The molecule has 0 fully saturated rings. The lowest BCUT2D eigenvalue weighted by atomic mass is 10.0. The largest absolute Gasteiger partial charge is 0.452 e. The highest BCUT2D eigenvalue weighted by Gasteiger charge is 2.37. The number of amides is 3. The third-order valence-corrected chi connectivity index (χ3v) is 5.79. The maximum Gasteiger partial charge on any atom is 0.435 e. The zero-order valence-electron chi connectivity index (χ0n) is 19.1. The molecule has 0 atom stereocenters. The molecule has 4 aromatic rings. The van der Waals surface area contributed by atoms with Crippen molar-refractivity contribution < 1.29 is 32.3 Å². The van der Waals surface area contributed by atoms with Gasteiger partial charge in [0.15, 0.2) is 11.5 Å². The van der Waals surface area contributed by atoms with Gasteiger partial charge in [-0.05, 0) is 23.6 Å². The molecule has 0 unspecified atom stereocenters. The average molecular weight is 567 g/mol. The second kappa shape index (κ2) is 10.6. The minimum Gasteiger partial charge on any atom is -0.452 e. The molecule has 0 aliphatic carbocycles. The number of hydrogen-bond donors (Lipinski definition) is 3. The summed E-state index contributed by atoms with van der Waals surface area (Å²) in [6.07, 6.45) is -4.62. The van der Waals surface area contributed by atoms with Crippen LogP contribution in [0.25, 0.3) is 16.6 Å². The van der Waals surface area contributed by atoms with Gasteiger partial charge in [-0.2, -0.15) is 18.3 Å². The van der Waals surface area contributed by atoms with E-state index in [1.54, 1.807) is 24.3 Å². The number of rotatable bonds is 4. The van der Waals surface area contributed by atoms with Crippen molar-refractivity contribution in [1.82, 2.24) is 25.6 Å². The van der Waals surface area contributed by atoms with Gasteiger partial charge in [-0.1, -0.05) is 47.5 Å². The van der Waals surface area contributed by atoms with Gasteiger partial charge in [-0.15, -0.1) is 0 Å². The van der Waals surface area contributed by atoms with Crippen LogP contribution in [0.4, 0.5) is 23.7 Å². The molecule has 0 saturated heterocycles. The third kappa shape index (κ3) is 5.33. The number of ether oxygens (including phenoxy) is 1. The molecular formula is C23H15Cl2F3N6O4. The number of nitrogens with one attached hydrogen (secondary N) is 3. The Labute approximate surface area is 221 Å². The summed E-state index contributed by atoms with van der Waals surface area (Å²) < 4.78 is 45.5. The van der Waals surface area contributed by atoms with Crippen LogP contribution in [0.2, 0.25) is 10.0 Å². The first-order chi connectivity index (χ1) is 18.0. The highest BCUT2D eigenvalue weighted by Crippen LogP contribution is 2.36. The second-order valence-electron chi connectivity index (χ2n) is 7.49. The van der Waals surface area contributed by atoms with Crippen molar-refractivity contribution in [3.8, 4) is 5.82 Å². The SMILES string of the molecule is COC(=O)NNC(=O)c1cc2ccccc2c(Cl)c1NC(=O)c1cc(C(F)(F)F)nn1-c1ncccc1Cl. The monoisotopic (exact) mass is 566 g/mol. The summed E-state index contributed by atoms with van der Waals surface area (Å²) in [5.74, 6) is -2.25. The highest BCUT2D eigenvalue weighted by atomic mass is 35.5. The van der Waals surface area contributed by atoms with Crippen LogP contribution in [0.3, 0.4) is 0 Å². The number of alkyl halides is 3. The second-order valence-corrected chi connectivity index (χ2v) is 8.28. The maximum absolute atomic E-state index is 13.5. The van der Waals surface area contributed by atoms with E-state index < -0.39 is 35.5 Å². The molecule has 10 nitrogen and oxygen atoms in total. The molecule has 3 N–H and O–H groups in total. The molecule has 4 rings (SSSR count). The van der Waals surface area contributed by atoms with Gasteiger partial charge in [0.05, 0.1) is 28.4 Å². The van der Waals surface area contributed by atoms with E-state index in [-0.39, 0.29) is 27.1 Å². The Morgan fingerprint density at radius 2 is 1.74 bits per heavy atom. The van der Waals surface area contributed by atoms with Gasteiger partial charge in [0, 0.05) is 17.6 Å². The number of methoxy groups -OCH3 is 1. The van der Waals surface area contributed by atoms with Gasteiger partial charge >= 0.3 is 12.3 Å². The van der Waals surface area contributed by atoms with E-state index in [9.17, 15) is 27.6 Å². The summed E-state index contributed by atoms with van der Waals surface area (Å²) in [7, 11) is 1.08. The smallest absolute Gasteiger partial charge is 0.435 e. The predicted octanol–water partition coefficient (Wildman–Crippen LogP) is 5.00. The van der Waals surface area contributed by atoms with Crippen LogP contribution in [0.1, 0.15) is 26.5 Å². The van der Waals surface area contributed by atoms with Gasteiger partial charge in [0.1, 0.15) is 5.69 Å². The van der Waals surface area contributed by atoms with Crippen molar-refractivity contribution in [3.63, 3.8) is 0 Å². The van der Waals surface area contributed by atoms with E-state index in [0.717, 1.165) is 7.11 Å². The van der Waals surface area contributed by atoms with Crippen molar-refractivity contribution in [3.05, 3.63) is 81.7 Å². The molecule has 0 spiro atoms. The Kier molecular flexibility index (Phi) is 7.41. The molecule has 0 saturated carbocycles. The fourth-order valence-electron chi connectivity index (χ4n) is 3.38. The normalized spacial score (nSPS) is 11.2. The molecule has 15 heteroatoms. The molecule has 3 amide bonds. The zero-order chi connectivity index (χ0) is 27.6. The first-order valence-electron chi connectivity index (χ1n) is 10.5. The number of halogens is 5. The fraction of sp³-hybridized carbons (Fsp3) is 0.0870. The number of carbonyl (C=O) groups excluding carboxylic acids is 3. The van der Waals surface area contributed by atoms with E-state index in [1.807, 2.05) is 5.43 Å². The fourth-order valence-corrected chi connectivity index (χ4v) is 3.91. The van der Waals surface area contributed by atoms with E-state index in [1.165, 1.54) is 24.4 Å². The Hall–Kier alpha value is -4.36. The van der Waals surface area contributed by atoms with Crippen molar-refractivity contribution in [2.75, 3.05) is 12.4 Å². The van der Waals surface area contributed by atoms with Crippen LogP contribution in [-0.2, 0) is 10.9 Å². The summed E-state index contributed by atoms with van der Waals surface area (Å²) >= 11 is 12.6. The Morgan fingerprint density at radius 3 is 2.42 bits per heavy atom. The zero-order valence-corrected chi connectivity index (χ0v) is 20.6. The predicted molar refractivity (Wildman–Crippen MR) is 131 cm³/mol. The molecule has 0 radical (unpaired) electrons. The summed E-state index contributed by atoms with van der Waals surface area (Å²) in [5, 5.41) is 6.64. The molecule has 196 valence electrons. The minimum absolute atomic E-state index is 0.0731. The number of hydrogen-bond acceptors (Lipinski definition) is 6. The third-order valence-electron chi connectivity index (χ3n) is 5.10. The number of aromatic nitrogens is 3. The molecule has 38 heavy (non-hydrogen) atoms. The highest BCUT2D eigenvalue weighted by molar-refractivity contribution is 6.40. The van der Waals surface area contributed by atoms with Crippen molar-refractivity contribution in [1.29, 1.82) is 0 Å². The molecular weight excluding hydrogens is 552 g/mol. The van der Waals surface area contributed by atoms with Gasteiger partial charge < -0.3 is 10.1 Å². The van der Waals surface area contributed by atoms with Gasteiger partial charge in [-0.3, -0.25) is 15.0 Å². The topological polar surface area (TPSA) is 127 Å². The van der Waals surface area contributed by atoms with E-state index in [4.69, 9.17) is 23.2 Å². The van der Waals surface area contributed by atoms with Gasteiger partial charge in [0.2, 0.25) is 0 Å². The molecule has 2 aromatic carbocycles. The minimum atomic E-state index is -4.90. The Bertz CT molecular complexity index is 1570. The molecule has 0 bridgehead atoms. The Morgan fingerprint density at radius 1 is 1.00 bits per heavy atom. The lowest BCUT2D eigenvalue weighted by Crippen LogP contribution is -2.41. The first kappa shape index (κ1) is 26.7. The van der Waals surface area contributed by atoms with Crippen LogP contribution in [0.15, 0.2) is 54.7 Å². The number of carbonyl (C=O) groups is 3. The van der Waals surface area contributed by atoms with Gasteiger partial charge in [-0.25, -0.2) is 19.9 Å². The summed E-state index contributed by atoms with van der Waals surface area (Å²) in [4.78, 5) is 41.6.